The molecule has 3 atom stereocenters. The molecular weight excluding hydrogens is 530 g/mol. The average Bonchev–Trinajstić information content (AvgIpc) is 2.91. The van der Waals surface area contributed by atoms with Crippen LogP contribution in [-0.2, 0) is 38.2 Å². The molecule has 0 aromatic rings. The lowest BCUT2D eigenvalue weighted by Crippen LogP contribution is -2.42. The van der Waals surface area contributed by atoms with Crippen LogP contribution < -0.4 is 16.0 Å². The first-order valence-electron chi connectivity index (χ1n) is 13.5. The van der Waals surface area contributed by atoms with E-state index in [4.69, 9.17) is 14.6 Å². The van der Waals surface area contributed by atoms with Crippen LogP contribution in [0, 0.1) is 5.92 Å². The fourth-order valence-electron chi connectivity index (χ4n) is 3.69. The van der Waals surface area contributed by atoms with E-state index in [2.05, 4.69) is 16.0 Å². The number of aliphatic carboxylic acids is 2. The minimum absolute atomic E-state index is 0.0713. The highest BCUT2D eigenvalue weighted by molar-refractivity contribution is 5.87. The number of carbonyl (C=O) groups excluding carboxylic acids is 4. The van der Waals surface area contributed by atoms with Gasteiger partial charge < -0.3 is 40.7 Å². The van der Waals surface area contributed by atoms with E-state index in [-0.39, 0.29) is 57.0 Å². The molecule has 1 unspecified atom stereocenters. The Labute approximate surface area is 234 Å². The van der Waals surface area contributed by atoms with Crippen LogP contribution in [0.1, 0.15) is 64.7 Å². The smallest absolute Gasteiger partial charge is 0.326 e. The van der Waals surface area contributed by atoms with Crippen LogP contribution >= 0.6 is 0 Å². The standard InChI is InChI=1S/C26H45N3O11/c1-3-12-39-13-14-40-17-24(34)29-21(26(37)38)9-8-19(31)15-18(25(35)36)7-10-23(33)28-11-5-4-6-20(27-2)22(32)16-30/h18,20-21,27,30H,3-17H2,1-2H3,(H,28,33)(H,29,34)(H,35,36)(H,37,38)/t18-,20?,21+/m1/s1. The lowest BCUT2D eigenvalue weighted by atomic mass is 9.94. The number of likely N-dealkylation sites (N-methyl/N-ethyl adjacent to an activating group) is 1. The molecule has 0 rings (SSSR count). The number of carboxylic acid groups (broad SMARTS) is 2. The topological polar surface area (TPSA) is 218 Å². The van der Waals surface area contributed by atoms with Gasteiger partial charge in [0.25, 0.3) is 0 Å². The summed E-state index contributed by atoms with van der Waals surface area (Å²) in [5, 5.41) is 35.5. The predicted octanol–water partition coefficient (Wildman–Crippen LogP) is -0.345. The molecule has 0 bridgehead atoms. The number of rotatable bonds is 26. The van der Waals surface area contributed by atoms with Gasteiger partial charge in [0, 0.05) is 32.4 Å². The number of amides is 2. The second kappa shape index (κ2) is 22.8. The Morgan fingerprint density at radius 3 is 2.10 bits per heavy atom. The minimum atomic E-state index is -1.34. The first-order chi connectivity index (χ1) is 19.0. The molecule has 6 N–H and O–H groups in total. The minimum Gasteiger partial charge on any atom is -0.481 e. The summed E-state index contributed by atoms with van der Waals surface area (Å²) in [5.74, 6) is -5.52. The number of ether oxygens (including phenoxy) is 2. The summed E-state index contributed by atoms with van der Waals surface area (Å²) >= 11 is 0. The maximum atomic E-state index is 12.4. The van der Waals surface area contributed by atoms with Crippen LogP contribution in [0.4, 0.5) is 0 Å². The molecule has 0 aromatic carbocycles. The normalized spacial score (nSPS) is 13.2. The third-order valence-electron chi connectivity index (χ3n) is 5.98. The summed E-state index contributed by atoms with van der Waals surface area (Å²) < 4.78 is 10.3. The van der Waals surface area contributed by atoms with E-state index in [1.54, 1.807) is 7.05 Å². The van der Waals surface area contributed by atoms with Crippen molar-refractivity contribution in [3.05, 3.63) is 0 Å². The number of aliphatic hydroxyl groups excluding tert-OH is 1. The van der Waals surface area contributed by atoms with Gasteiger partial charge in [-0.05, 0) is 45.6 Å². The molecule has 230 valence electrons. The molecule has 0 saturated heterocycles. The van der Waals surface area contributed by atoms with E-state index in [0.717, 1.165) is 6.42 Å². The molecule has 14 heteroatoms. The highest BCUT2D eigenvalue weighted by Crippen LogP contribution is 2.15. The van der Waals surface area contributed by atoms with Gasteiger partial charge in [-0.3, -0.25) is 24.0 Å². The van der Waals surface area contributed by atoms with Gasteiger partial charge in [0.1, 0.15) is 25.0 Å². The molecule has 40 heavy (non-hydrogen) atoms. The van der Waals surface area contributed by atoms with Gasteiger partial charge in [0.2, 0.25) is 11.8 Å². The summed E-state index contributed by atoms with van der Waals surface area (Å²) in [5.41, 5.74) is 0. The summed E-state index contributed by atoms with van der Waals surface area (Å²) in [6.07, 6.45) is 1.54. The molecule has 14 nitrogen and oxygen atoms in total. The van der Waals surface area contributed by atoms with Crippen LogP contribution in [-0.4, -0.2) is 109 Å². The van der Waals surface area contributed by atoms with Crippen molar-refractivity contribution in [2.45, 2.75) is 76.8 Å². The van der Waals surface area contributed by atoms with Crippen molar-refractivity contribution < 1.29 is 53.6 Å². The van der Waals surface area contributed by atoms with E-state index in [9.17, 15) is 39.0 Å². The molecule has 0 aliphatic rings. The van der Waals surface area contributed by atoms with Gasteiger partial charge in [-0.25, -0.2) is 4.79 Å². The second-order valence-corrected chi connectivity index (χ2v) is 9.29. The monoisotopic (exact) mass is 575 g/mol. The Balaban J connectivity index is 4.39. The number of hydrogen-bond donors (Lipinski definition) is 6. The number of carboxylic acids is 2. The Morgan fingerprint density at radius 1 is 0.800 bits per heavy atom. The maximum absolute atomic E-state index is 12.4. The van der Waals surface area contributed by atoms with Gasteiger partial charge >= 0.3 is 11.9 Å². The molecule has 0 fully saturated rings. The number of hydrogen-bond acceptors (Lipinski definition) is 10. The van der Waals surface area contributed by atoms with Gasteiger partial charge in [0.15, 0.2) is 5.78 Å². The van der Waals surface area contributed by atoms with Crippen molar-refractivity contribution >= 4 is 35.3 Å². The van der Waals surface area contributed by atoms with E-state index in [1.165, 1.54) is 0 Å². The van der Waals surface area contributed by atoms with Crippen LogP contribution in [0.25, 0.3) is 0 Å². The largest absolute Gasteiger partial charge is 0.481 e. The third-order valence-corrected chi connectivity index (χ3v) is 5.98. The molecule has 0 radical (unpaired) electrons. The molecule has 0 heterocycles. The summed E-state index contributed by atoms with van der Waals surface area (Å²) in [6.45, 7) is 2.41. The SMILES string of the molecule is CCCOCCOCC(=O)N[C@@H](CCC(=O)C[C@@H](CCC(=O)NCCCCC(NC)C(=O)CO)C(=O)O)C(=O)O. The fraction of sp³-hybridized carbons (Fsp3) is 0.769. The van der Waals surface area contributed by atoms with Crippen molar-refractivity contribution in [3.8, 4) is 0 Å². The second-order valence-electron chi connectivity index (χ2n) is 9.29. The number of nitrogens with one attached hydrogen (secondary N) is 3. The number of aliphatic hydroxyl groups is 1. The zero-order valence-corrected chi connectivity index (χ0v) is 23.4. The van der Waals surface area contributed by atoms with Crippen molar-refractivity contribution in [2.24, 2.45) is 5.92 Å². The van der Waals surface area contributed by atoms with Crippen LogP contribution in [0.5, 0.6) is 0 Å². The molecule has 0 saturated carbocycles. The highest BCUT2D eigenvalue weighted by Gasteiger charge is 2.25. The first kappa shape index (κ1) is 37.1. The van der Waals surface area contributed by atoms with Crippen molar-refractivity contribution in [1.82, 2.24) is 16.0 Å². The van der Waals surface area contributed by atoms with Crippen molar-refractivity contribution in [3.63, 3.8) is 0 Å². The Hall–Kier alpha value is -2.94. The van der Waals surface area contributed by atoms with Gasteiger partial charge in [-0.1, -0.05) is 6.92 Å². The number of unbranched alkanes of at least 4 members (excludes halogenated alkanes) is 1. The van der Waals surface area contributed by atoms with E-state index < -0.39 is 48.2 Å². The lowest BCUT2D eigenvalue weighted by Gasteiger charge is -2.16. The molecule has 0 aliphatic carbocycles. The molecule has 0 aliphatic heterocycles. The lowest BCUT2D eigenvalue weighted by molar-refractivity contribution is -0.145. The summed E-state index contributed by atoms with van der Waals surface area (Å²) in [4.78, 5) is 70.9. The third kappa shape index (κ3) is 18.4. The van der Waals surface area contributed by atoms with E-state index in [0.29, 0.717) is 39.0 Å². The molecular formula is C26H45N3O11. The quantitative estimate of drug-likeness (QED) is 0.0730. The Kier molecular flexibility index (Phi) is 21.2. The number of Topliss-reactive ketones (excluding diaryl/α,β-unsaturated/α-hetero) is 2. The van der Waals surface area contributed by atoms with Crippen LogP contribution in [0.15, 0.2) is 0 Å². The fourth-order valence-corrected chi connectivity index (χ4v) is 3.69. The Morgan fingerprint density at radius 2 is 1.50 bits per heavy atom. The summed E-state index contributed by atoms with van der Waals surface area (Å²) in [6, 6.07) is -1.79. The van der Waals surface area contributed by atoms with Crippen molar-refractivity contribution in [2.75, 3.05) is 46.6 Å². The average molecular weight is 576 g/mol. The number of carbonyl (C=O) groups is 6. The zero-order valence-electron chi connectivity index (χ0n) is 23.4. The molecule has 0 aromatic heterocycles. The Bertz CT molecular complexity index is 807. The van der Waals surface area contributed by atoms with E-state index in [1.807, 2.05) is 6.92 Å². The van der Waals surface area contributed by atoms with Crippen LogP contribution in [0.2, 0.25) is 0 Å². The van der Waals surface area contributed by atoms with Crippen LogP contribution in [0.3, 0.4) is 0 Å². The summed E-state index contributed by atoms with van der Waals surface area (Å²) in [7, 11) is 1.62. The van der Waals surface area contributed by atoms with E-state index >= 15 is 0 Å². The highest BCUT2D eigenvalue weighted by atomic mass is 16.5. The maximum Gasteiger partial charge on any atom is 0.326 e. The zero-order chi connectivity index (χ0) is 30.3. The molecule has 0 spiro atoms. The molecule has 2 amide bonds. The van der Waals surface area contributed by atoms with Gasteiger partial charge in [-0.15, -0.1) is 0 Å². The first-order valence-corrected chi connectivity index (χ1v) is 13.5. The van der Waals surface area contributed by atoms with Gasteiger partial charge in [0.05, 0.1) is 25.2 Å². The number of ketones is 2. The van der Waals surface area contributed by atoms with Crippen molar-refractivity contribution in [1.29, 1.82) is 0 Å². The van der Waals surface area contributed by atoms with Gasteiger partial charge in [-0.2, -0.15) is 0 Å². The predicted molar refractivity (Wildman–Crippen MR) is 143 cm³/mol.